The second-order valence-electron chi connectivity index (χ2n) is 5.64. The predicted molar refractivity (Wildman–Crippen MR) is 92.6 cm³/mol. The van der Waals surface area contributed by atoms with Crippen LogP contribution in [0.4, 0.5) is 16.2 Å². The summed E-state index contributed by atoms with van der Waals surface area (Å²) in [6.45, 7) is 0. The van der Waals surface area contributed by atoms with Crippen molar-refractivity contribution in [2.24, 2.45) is 0 Å². The minimum atomic E-state index is -0.363. The number of urea groups is 1. The first-order chi connectivity index (χ1) is 11.6. The van der Waals surface area contributed by atoms with Gasteiger partial charge in [0.1, 0.15) is 5.75 Å². The maximum atomic E-state index is 12.0. The van der Waals surface area contributed by atoms with Crippen molar-refractivity contribution in [3.63, 3.8) is 0 Å². The van der Waals surface area contributed by atoms with E-state index in [1.165, 1.54) is 0 Å². The highest BCUT2D eigenvalue weighted by Crippen LogP contribution is 2.20. The molecule has 1 fully saturated rings. The molecule has 3 rings (SSSR count). The Kier molecular flexibility index (Phi) is 4.65. The van der Waals surface area contributed by atoms with E-state index in [-0.39, 0.29) is 11.9 Å². The average Bonchev–Trinajstić information content (AvgIpc) is 3.39. The summed E-state index contributed by atoms with van der Waals surface area (Å²) >= 11 is 0. The van der Waals surface area contributed by atoms with Crippen molar-refractivity contribution in [2.75, 3.05) is 17.7 Å². The van der Waals surface area contributed by atoms with Crippen LogP contribution in [0.15, 0.2) is 48.5 Å². The van der Waals surface area contributed by atoms with Crippen LogP contribution in [-0.2, 0) is 0 Å². The zero-order chi connectivity index (χ0) is 16.9. The molecule has 6 nitrogen and oxygen atoms in total. The monoisotopic (exact) mass is 325 g/mol. The molecule has 0 spiro atoms. The van der Waals surface area contributed by atoms with Crippen LogP contribution < -0.4 is 20.7 Å². The number of amides is 3. The van der Waals surface area contributed by atoms with E-state index in [1.807, 2.05) is 0 Å². The summed E-state index contributed by atoms with van der Waals surface area (Å²) in [5, 5.41) is 8.38. The lowest BCUT2D eigenvalue weighted by molar-refractivity contribution is 0.0951. The smallest absolute Gasteiger partial charge is 0.323 e. The Labute approximate surface area is 140 Å². The van der Waals surface area contributed by atoms with Crippen molar-refractivity contribution in [1.82, 2.24) is 5.32 Å². The third kappa shape index (κ3) is 4.25. The fraction of sp³-hybridized carbons (Fsp3) is 0.222. The van der Waals surface area contributed by atoms with Crippen LogP contribution >= 0.6 is 0 Å². The number of methoxy groups -OCH3 is 1. The first-order valence-corrected chi connectivity index (χ1v) is 7.77. The Morgan fingerprint density at radius 1 is 1.00 bits per heavy atom. The highest BCUT2D eigenvalue weighted by molar-refractivity contribution is 6.00. The summed E-state index contributed by atoms with van der Waals surface area (Å²) in [5.74, 6) is 0.587. The molecule has 3 amide bonds. The number of carbonyl (C=O) groups excluding carboxylic acids is 2. The normalized spacial score (nSPS) is 13.0. The second-order valence-corrected chi connectivity index (χ2v) is 5.64. The quantitative estimate of drug-likeness (QED) is 0.789. The zero-order valence-electron chi connectivity index (χ0n) is 13.3. The van der Waals surface area contributed by atoms with Crippen molar-refractivity contribution in [2.45, 2.75) is 18.9 Å². The lowest BCUT2D eigenvalue weighted by Gasteiger charge is -2.09. The van der Waals surface area contributed by atoms with E-state index >= 15 is 0 Å². The van der Waals surface area contributed by atoms with E-state index < -0.39 is 0 Å². The van der Waals surface area contributed by atoms with E-state index in [0.29, 0.717) is 28.7 Å². The number of benzene rings is 2. The third-order valence-corrected chi connectivity index (χ3v) is 3.65. The molecule has 1 saturated carbocycles. The van der Waals surface area contributed by atoms with Crippen molar-refractivity contribution in [1.29, 1.82) is 0 Å². The van der Waals surface area contributed by atoms with Gasteiger partial charge in [-0.25, -0.2) is 4.79 Å². The lowest BCUT2D eigenvalue weighted by atomic mass is 10.2. The van der Waals surface area contributed by atoms with Crippen LogP contribution in [-0.4, -0.2) is 25.1 Å². The van der Waals surface area contributed by atoms with Gasteiger partial charge in [-0.2, -0.15) is 0 Å². The maximum absolute atomic E-state index is 12.0. The standard InChI is InChI=1S/C18H19N3O3/c1-24-16-4-2-3-15(11-16)21-18(23)20-14-7-5-12(6-8-14)17(22)19-13-9-10-13/h2-8,11,13H,9-10H2,1H3,(H,19,22)(H2,20,21,23). The van der Waals surface area contributed by atoms with Gasteiger partial charge in [0.05, 0.1) is 7.11 Å². The Morgan fingerprint density at radius 2 is 1.71 bits per heavy atom. The maximum Gasteiger partial charge on any atom is 0.323 e. The number of rotatable bonds is 5. The first kappa shape index (κ1) is 15.9. The number of hydrogen-bond donors (Lipinski definition) is 3. The Balaban J connectivity index is 1.56. The van der Waals surface area contributed by atoms with Gasteiger partial charge in [-0.3, -0.25) is 4.79 Å². The first-order valence-electron chi connectivity index (χ1n) is 7.77. The molecule has 0 unspecified atom stereocenters. The number of ether oxygens (including phenoxy) is 1. The summed E-state index contributed by atoms with van der Waals surface area (Å²) in [6, 6.07) is 13.8. The van der Waals surface area contributed by atoms with Gasteiger partial charge in [-0.05, 0) is 49.2 Å². The Hall–Kier alpha value is -3.02. The molecule has 0 aliphatic heterocycles. The molecule has 0 heterocycles. The summed E-state index contributed by atoms with van der Waals surface area (Å²) < 4.78 is 5.11. The molecule has 0 saturated heterocycles. The topological polar surface area (TPSA) is 79.5 Å². The number of anilines is 2. The third-order valence-electron chi connectivity index (χ3n) is 3.65. The lowest BCUT2D eigenvalue weighted by Crippen LogP contribution is -2.25. The van der Waals surface area contributed by atoms with Crippen LogP contribution in [0.2, 0.25) is 0 Å². The van der Waals surface area contributed by atoms with E-state index in [4.69, 9.17) is 4.74 Å². The van der Waals surface area contributed by atoms with E-state index in [9.17, 15) is 9.59 Å². The van der Waals surface area contributed by atoms with Gasteiger partial charge in [0, 0.05) is 29.0 Å². The molecule has 3 N–H and O–H groups in total. The van der Waals surface area contributed by atoms with Gasteiger partial charge >= 0.3 is 6.03 Å². The van der Waals surface area contributed by atoms with Crippen molar-refractivity contribution >= 4 is 23.3 Å². The molecule has 2 aromatic carbocycles. The molecule has 6 heteroatoms. The molecule has 0 radical (unpaired) electrons. The predicted octanol–water partition coefficient (Wildman–Crippen LogP) is 3.23. The summed E-state index contributed by atoms with van der Waals surface area (Å²) in [5.41, 5.74) is 1.83. The van der Waals surface area contributed by atoms with E-state index in [2.05, 4.69) is 16.0 Å². The van der Waals surface area contributed by atoms with E-state index in [0.717, 1.165) is 12.8 Å². The molecule has 1 aliphatic carbocycles. The van der Waals surface area contributed by atoms with Crippen molar-refractivity contribution in [3.05, 3.63) is 54.1 Å². The van der Waals surface area contributed by atoms with Gasteiger partial charge in [0.15, 0.2) is 0 Å². The van der Waals surface area contributed by atoms with Crippen LogP contribution in [0.5, 0.6) is 5.75 Å². The van der Waals surface area contributed by atoms with Crippen molar-refractivity contribution < 1.29 is 14.3 Å². The fourth-order valence-corrected chi connectivity index (χ4v) is 2.20. The van der Waals surface area contributed by atoms with Gasteiger partial charge < -0.3 is 20.7 Å². The molecule has 0 bridgehead atoms. The second kappa shape index (κ2) is 7.04. The summed E-state index contributed by atoms with van der Waals surface area (Å²) in [7, 11) is 1.57. The van der Waals surface area contributed by atoms with E-state index in [1.54, 1.807) is 55.6 Å². The molecule has 0 aromatic heterocycles. The average molecular weight is 325 g/mol. The minimum absolute atomic E-state index is 0.0788. The van der Waals surface area contributed by atoms with Crippen LogP contribution in [0.3, 0.4) is 0 Å². The Morgan fingerprint density at radius 3 is 2.38 bits per heavy atom. The number of nitrogens with one attached hydrogen (secondary N) is 3. The largest absolute Gasteiger partial charge is 0.497 e. The van der Waals surface area contributed by atoms with Crippen molar-refractivity contribution in [3.8, 4) is 5.75 Å². The van der Waals surface area contributed by atoms with Gasteiger partial charge in [-0.15, -0.1) is 0 Å². The molecule has 2 aromatic rings. The summed E-state index contributed by atoms with van der Waals surface area (Å²) in [6.07, 6.45) is 2.10. The number of carbonyl (C=O) groups is 2. The highest BCUT2D eigenvalue weighted by Gasteiger charge is 2.23. The molecule has 1 aliphatic rings. The summed E-state index contributed by atoms with van der Waals surface area (Å²) in [4.78, 5) is 23.9. The molecule has 124 valence electrons. The van der Waals surface area contributed by atoms with Gasteiger partial charge in [-0.1, -0.05) is 6.07 Å². The van der Waals surface area contributed by atoms with Gasteiger partial charge in [0.25, 0.3) is 5.91 Å². The highest BCUT2D eigenvalue weighted by atomic mass is 16.5. The van der Waals surface area contributed by atoms with Crippen LogP contribution in [0.25, 0.3) is 0 Å². The molecular formula is C18H19N3O3. The molecule has 0 atom stereocenters. The number of hydrogen-bond acceptors (Lipinski definition) is 3. The van der Waals surface area contributed by atoms with Gasteiger partial charge in [0.2, 0.25) is 0 Å². The fourth-order valence-electron chi connectivity index (χ4n) is 2.20. The minimum Gasteiger partial charge on any atom is -0.497 e. The van der Waals surface area contributed by atoms with Crippen LogP contribution in [0, 0.1) is 0 Å². The van der Waals surface area contributed by atoms with Crippen LogP contribution in [0.1, 0.15) is 23.2 Å². The molecule has 24 heavy (non-hydrogen) atoms. The molecular weight excluding hydrogens is 306 g/mol. The SMILES string of the molecule is COc1cccc(NC(=O)Nc2ccc(C(=O)NC3CC3)cc2)c1. The zero-order valence-corrected chi connectivity index (χ0v) is 13.3. The Bertz CT molecular complexity index is 739.